The Morgan fingerprint density at radius 2 is 2.03 bits per heavy atom. The molecule has 0 aliphatic heterocycles. The standard InChI is InChI=1S/C19H21N8O2.Rb/c1-10-5-6-13(14(7-10)28-4)9-27-17-16(11(2)25-27)23-19(20)24-18(17)21-8-15-22-12(3)29-26-15;/h5-7H,1,8-9H2,2-4H3,(H3,20,21,23,24);/q-1;+1. The molecule has 3 aromatic heterocycles. The first-order chi connectivity index (χ1) is 13.9. The van der Waals surface area contributed by atoms with Gasteiger partial charge < -0.3 is 20.3 Å². The number of aryl methyl sites for hydroxylation is 2. The van der Waals surface area contributed by atoms with E-state index in [4.69, 9.17) is 15.0 Å². The summed E-state index contributed by atoms with van der Waals surface area (Å²) in [5.74, 6) is 2.46. The summed E-state index contributed by atoms with van der Waals surface area (Å²) in [5, 5.41) is 11.8. The Morgan fingerprint density at radius 1 is 1.23 bits per heavy atom. The van der Waals surface area contributed by atoms with Crippen LogP contribution in [0.4, 0.5) is 11.8 Å². The van der Waals surface area contributed by atoms with Crippen LogP contribution in [-0.2, 0) is 13.1 Å². The second kappa shape index (κ2) is 9.42. The zero-order valence-electron chi connectivity index (χ0n) is 17.4. The van der Waals surface area contributed by atoms with E-state index in [-0.39, 0.29) is 64.1 Å². The van der Waals surface area contributed by atoms with Gasteiger partial charge in [0.05, 0.1) is 31.6 Å². The SMILES string of the molecule is [CH2-]c1ccc(Cn2nc(C)c3nc(N)nc(NCc4noc(C)n4)c32)c(OC)c1.[Rb+]. The van der Waals surface area contributed by atoms with Gasteiger partial charge >= 0.3 is 58.2 Å². The van der Waals surface area contributed by atoms with E-state index in [1.54, 1.807) is 14.0 Å². The smallest absolute Gasteiger partial charge is 0.509 e. The van der Waals surface area contributed by atoms with Crippen molar-refractivity contribution in [3.05, 3.63) is 53.7 Å². The Labute approximate surface area is 222 Å². The number of fused-ring (bicyclic) bond motifs is 1. The van der Waals surface area contributed by atoms with Crippen LogP contribution in [0.5, 0.6) is 5.75 Å². The average molecular weight is 479 g/mol. The minimum atomic E-state index is 0. The molecule has 0 bridgehead atoms. The van der Waals surface area contributed by atoms with Gasteiger partial charge in [-0.1, -0.05) is 5.16 Å². The molecule has 11 heteroatoms. The van der Waals surface area contributed by atoms with Crippen LogP contribution in [0, 0.1) is 20.8 Å². The first-order valence-corrected chi connectivity index (χ1v) is 8.97. The Kier molecular flexibility index (Phi) is 7.12. The maximum Gasteiger partial charge on any atom is 1.00 e. The number of nitrogens with two attached hydrogens (primary N) is 1. The topological polar surface area (TPSA) is 130 Å². The third kappa shape index (κ3) is 4.66. The Morgan fingerprint density at radius 3 is 2.73 bits per heavy atom. The third-order valence-electron chi connectivity index (χ3n) is 4.43. The van der Waals surface area contributed by atoms with Gasteiger partial charge in [-0.15, -0.1) is 12.1 Å². The normalized spacial score (nSPS) is 10.8. The summed E-state index contributed by atoms with van der Waals surface area (Å²) in [7, 11) is 1.63. The molecule has 1 aromatic carbocycles. The number of rotatable bonds is 6. The zero-order chi connectivity index (χ0) is 20.5. The molecule has 4 aromatic rings. The first-order valence-electron chi connectivity index (χ1n) is 8.97. The van der Waals surface area contributed by atoms with E-state index < -0.39 is 0 Å². The van der Waals surface area contributed by atoms with Crippen molar-refractivity contribution in [2.45, 2.75) is 26.9 Å². The molecule has 0 amide bonds. The van der Waals surface area contributed by atoms with E-state index in [1.807, 2.05) is 29.8 Å². The summed E-state index contributed by atoms with van der Waals surface area (Å²) in [6.45, 7) is 8.36. The average Bonchev–Trinajstić information content (AvgIpc) is 3.24. The van der Waals surface area contributed by atoms with E-state index in [9.17, 15) is 0 Å². The van der Waals surface area contributed by atoms with E-state index in [1.165, 1.54) is 0 Å². The van der Waals surface area contributed by atoms with E-state index in [2.05, 4.69) is 37.4 Å². The molecule has 0 atom stereocenters. The molecule has 3 N–H and O–H groups in total. The van der Waals surface area contributed by atoms with Crippen LogP contribution in [0.25, 0.3) is 11.0 Å². The first kappa shape index (κ1) is 22.7. The molecule has 0 aliphatic rings. The summed E-state index contributed by atoms with van der Waals surface area (Å²) in [6.07, 6.45) is 0. The van der Waals surface area contributed by atoms with Gasteiger partial charge in [0.15, 0.2) is 11.6 Å². The molecule has 0 saturated heterocycles. The Hall–Kier alpha value is -2.01. The quantitative estimate of drug-likeness (QED) is 0.344. The number of nitrogens with one attached hydrogen (secondary N) is 1. The van der Waals surface area contributed by atoms with Gasteiger partial charge in [-0.25, -0.2) is 4.98 Å². The molecule has 10 nitrogen and oxygen atoms in total. The molecule has 0 radical (unpaired) electrons. The van der Waals surface area contributed by atoms with Gasteiger partial charge in [-0.2, -0.15) is 33.6 Å². The van der Waals surface area contributed by atoms with E-state index in [0.717, 1.165) is 28.1 Å². The van der Waals surface area contributed by atoms with Crippen LogP contribution in [0.15, 0.2) is 22.7 Å². The molecule has 0 fully saturated rings. The van der Waals surface area contributed by atoms with Crippen molar-refractivity contribution < 1.29 is 67.4 Å². The van der Waals surface area contributed by atoms with Crippen LogP contribution in [0.1, 0.15) is 28.5 Å². The molecular formula is C19H21N8O2Rb. The molecule has 0 spiro atoms. The molecule has 0 unspecified atom stereocenters. The third-order valence-corrected chi connectivity index (χ3v) is 4.43. The fraction of sp³-hybridized carbons (Fsp3) is 0.263. The largest absolute Gasteiger partial charge is 1.00 e. The maximum absolute atomic E-state index is 5.91. The minimum absolute atomic E-state index is 0. The Balaban J connectivity index is 0.00000256. The van der Waals surface area contributed by atoms with Gasteiger partial charge in [0, 0.05) is 6.92 Å². The summed E-state index contributed by atoms with van der Waals surface area (Å²) >= 11 is 0. The maximum atomic E-state index is 5.91. The second-order valence-electron chi connectivity index (χ2n) is 6.60. The molecule has 0 aliphatic carbocycles. The summed E-state index contributed by atoms with van der Waals surface area (Å²) in [5.41, 5.74) is 9.91. The summed E-state index contributed by atoms with van der Waals surface area (Å²) in [6, 6.07) is 5.79. The minimum Gasteiger partial charge on any atom is -0.509 e. The van der Waals surface area contributed by atoms with E-state index in [0.29, 0.717) is 36.1 Å². The second-order valence-corrected chi connectivity index (χ2v) is 6.60. The molecule has 4 rings (SSSR count). The van der Waals surface area contributed by atoms with Crippen molar-refractivity contribution in [3.8, 4) is 5.75 Å². The van der Waals surface area contributed by atoms with Crippen LogP contribution < -0.4 is 74.0 Å². The molecule has 150 valence electrons. The summed E-state index contributed by atoms with van der Waals surface area (Å²) < 4.78 is 12.3. The molecule has 0 saturated carbocycles. The monoisotopic (exact) mass is 478 g/mol. The number of nitrogens with zero attached hydrogens (tertiary/aromatic N) is 6. The van der Waals surface area contributed by atoms with Crippen LogP contribution in [-0.4, -0.2) is 37.0 Å². The van der Waals surface area contributed by atoms with Gasteiger partial charge in [-0.05, 0) is 12.5 Å². The number of anilines is 2. The van der Waals surface area contributed by atoms with Crippen LogP contribution in [0.3, 0.4) is 0 Å². The molecular weight excluding hydrogens is 458 g/mol. The number of nitrogen functional groups attached to an aromatic ring is 1. The van der Waals surface area contributed by atoms with Crippen molar-refractivity contribution in [2.24, 2.45) is 0 Å². The van der Waals surface area contributed by atoms with Crippen molar-refractivity contribution >= 4 is 22.8 Å². The predicted octanol–water partition coefficient (Wildman–Crippen LogP) is -0.736. The van der Waals surface area contributed by atoms with Gasteiger partial charge in [0.2, 0.25) is 11.8 Å². The van der Waals surface area contributed by atoms with E-state index >= 15 is 0 Å². The van der Waals surface area contributed by atoms with Gasteiger partial charge in [0.1, 0.15) is 11.0 Å². The number of benzene rings is 1. The number of methoxy groups -OCH3 is 1. The van der Waals surface area contributed by atoms with Crippen LogP contribution in [0.2, 0.25) is 0 Å². The fourth-order valence-corrected chi connectivity index (χ4v) is 3.14. The van der Waals surface area contributed by atoms with Crippen LogP contribution >= 0.6 is 0 Å². The number of hydrogen-bond acceptors (Lipinski definition) is 9. The van der Waals surface area contributed by atoms with Crippen molar-refractivity contribution in [1.82, 2.24) is 29.9 Å². The van der Waals surface area contributed by atoms with Crippen molar-refractivity contribution in [1.29, 1.82) is 0 Å². The van der Waals surface area contributed by atoms with Crippen molar-refractivity contribution in [3.63, 3.8) is 0 Å². The fourth-order valence-electron chi connectivity index (χ4n) is 3.14. The summed E-state index contributed by atoms with van der Waals surface area (Å²) in [4.78, 5) is 12.9. The number of aromatic nitrogens is 6. The van der Waals surface area contributed by atoms with Gasteiger partial charge in [-0.3, -0.25) is 4.68 Å². The Bertz CT molecular complexity index is 1190. The number of ether oxygens (including phenoxy) is 1. The number of hydrogen-bond donors (Lipinski definition) is 2. The zero-order valence-corrected chi connectivity index (χ0v) is 22.3. The predicted molar refractivity (Wildman–Crippen MR) is 107 cm³/mol. The molecule has 30 heavy (non-hydrogen) atoms. The molecule has 3 heterocycles. The van der Waals surface area contributed by atoms with Gasteiger partial charge in [0.25, 0.3) is 0 Å². The van der Waals surface area contributed by atoms with Crippen molar-refractivity contribution in [2.75, 3.05) is 18.2 Å².